The van der Waals surface area contributed by atoms with Crippen molar-refractivity contribution in [1.29, 1.82) is 0 Å². The highest BCUT2D eigenvalue weighted by Crippen LogP contribution is 2.27. The lowest BCUT2D eigenvalue weighted by atomic mass is 10.00. The monoisotopic (exact) mass is 472 g/mol. The normalized spacial score (nSPS) is 19.7. The van der Waals surface area contributed by atoms with Gasteiger partial charge in [0.05, 0.1) is 13.2 Å². The van der Waals surface area contributed by atoms with Crippen LogP contribution in [0.2, 0.25) is 0 Å². The van der Waals surface area contributed by atoms with Crippen LogP contribution in [0.15, 0.2) is 23.2 Å². The molecule has 0 spiro atoms. The second kappa shape index (κ2) is 10.3. The van der Waals surface area contributed by atoms with Crippen molar-refractivity contribution in [2.24, 2.45) is 10.9 Å². The Morgan fingerprint density at radius 2 is 2.27 bits per heavy atom. The number of guanidine groups is 1. The van der Waals surface area contributed by atoms with Crippen LogP contribution in [0.1, 0.15) is 30.9 Å². The highest BCUT2D eigenvalue weighted by atomic mass is 127. The number of halogens is 1. The van der Waals surface area contributed by atoms with Crippen LogP contribution >= 0.6 is 24.0 Å². The maximum absolute atomic E-state index is 5.50. The summed E-state index contributed by atoms with van der Waals surface area (Å²) in [5.41, 5.74) is 4.13. The first-order valence-corrected chi connectivity index (χ1v) is 9.57. The summed E-state index contributed by atoms with van der Waals surface area (Å²) in [5, 5.41) is 3.42. The lowest BCUT2D eigenvalue weighted by molar-refractivity contribution is 0.181. The van der Waals surface area contributed by atoms with Gasteiger partial charge in [-0.1, -0.05) is 12.1 Å². The van der Waals surface area contributed by atoms with Crippen molar-refractivity contribution in [3.63, 3.8) is 0 Å². The average Bonchev–Trinajstić information content (AvgIpc) is 3.11. The molecule has 26 heavy (non-hydrogen) atoms. The molecule has 1 fully saturated rings. The van der Waals surface area contributed by atoms with Crippen LogP contribution in [0.25, 0.3) is 0 Å². The Balaban J connectivity index is 0.00000243. The van der Waals surface area contributed by atoms with Crippen LogP contribution in [0, 0.1) is 5.92 Å². The molecule has 5 nitrogen and oxygen atoms in total. The zero-order valence-corrected chi connectivity index (χ0v) is 18.7. The van der Waals surface area contributed by atoms with Gasteiger partial charge in [0.2, 0.25) is 0 Å². The van der Waals surface area contributed by atoms with Crippen LogP contribution in [-0.2, 0) is 17.7 Å². The van der Waals surface area contributed by atoms with Gasteiger partial charge in [0.25, 0.3) is 0 Å². The summed E-state index contributed by atoms with van der Waals surface area (Å²) in [6.45, 7) is 7.67. The van der Waals surface area contributed by atoms with Gasteiger partial charge >= 0.3 is 0 Å². The van der Waals surface area contributed by atoms with Crippen LogP contribution in [-0.4, -0.2) is 57.8 Å². The zero-order valence-electron chi connectivity index (χ0n) is 16.3. The summed E-state index contributed by atoms with van der Waals surface area (Å²) in [7, 11) is 4.31. The largest absolute Gasteiger partial charge is 0.381 e. The predicted octanol–water partition coefficient (Wildman–Crippen LogP) is 3.12. The molecule has 0 aromatic heterocycles. The lowest BCUT2D eigenvalue weighted by Crippen LogP contribution is -2.41. The van der Waals surface area contributed by atoms with Crippen LogP contribution in [0.3, 0.4) is 0 Å². The van der Waals surface area contributed by atoms with E-state index in [0.29, 0.717) is 5.92 Å². The van der Waals surface area contributed by atoms with E-state index in [2.05, 4.69) is 54.3 Å². The molecule has 146 valence electrons. The Morgan fingerprint density at radius 1 is 1.42 bits per heavy atom. The highest BCUT2D eigenvalue weighted by molar-refractivity contribution is 14.0. The molecule has 2 aliphatic heterocycles. The molecular formula is C20H33IN4O. The van der Waals surface area contributed by atoms with E-state index < -0.39 is 0 Å². The Bertz CT molecular complexity index is 601. The first kappa shape index (κ1) is 21.3. The minimum atomic E-state index is 0. The van der Waals surface area contributed by atoms with Crippen molar-refractivity contribution in [1.82, 2.24) is 10.2 Å². The maximum Gasteiger partial charge on any atom is 0.193 e. The number of anilines is 1. The Kier molecular flexibility index (Phi) is 8.47. The van der Waals surface area contributed by atoms with Gasteiger partial charge in [-0.3, -0.25) is 0 Å². The number of hydrogen-bond donors (Lipinski definition) is 1. The van der Waals surface area contributed by atoms with Gasteiger partial charge in [-0.05, 0) is 43.4 Å². The SMILES string of the molecule is CCNC(=NCc1ccc2c(c1)CCCN2C)N(C)CC1CCOC1.I. The first-order chi connectivity index (χ1) is 12.2. The number of nitrogens with zero attached hydrogens (tertiary/aromatic N) is 3. The van der Waals surface area contributed by atoms with Crippen molar-refractivity contribution in [2.45, 2.75) is 32.7 Å². The molecule has 1 atom stereocenters. The van der Waals surface area contributed by atoms with E-state index in [-0.39, 0.29) is 24.0 Å². The first-order valence-electron chi connectivity index (χ1n) is 9.57. The maximum atomic E-state index is 5.50. The number of ether oxygens (including phenoxy) is 1. The summed E-state index contributed by atoms with van der Waals surface area (Å²) in [6.07, 6.45) is 3.58. The summed E-state index contributed by atoms with van der Waals surface area (Å²) >= 11 is 0. The predicted molar refractivity (Wildman–Crippen MR) is 120 cm³/mol. The number of benzene rings is 1. The summed E-state index contributed by atoms with van der Waals surface area (Å²) in [4.78, 5) is 9.47. The van der Waals surface area contributed by atoms with E-state index in [4.69, 9.17) is 9.73 Å². The number of aliphatic imine (C=N–C) groups is 1. The van der Waals surface area contributed by atoms with Crippen molar-refractivity contribution >= 4 is 35.6 Å². The molecule has 0 aliphatic carbocycles. The van der Waals surface area contributed by atoms with E-state index in [1.807, 2.05) is 0 Å². The summed E-state index contributed by atoms with van der Waals surface area (Å²) in [6, 6.07) is 6.81. The fourth-order valence-corrected chi connectivity index (χ4v) is 3.77. The number of nitrogens with one attached hydrogen (secondary N) is 1. The van der Waals surface area contributed by atoms with E-state index in [1.54, 1.807) is 0 Å². The third-order valence-electron chi connectivity index (χ3n) is 5.16. The van der Waals surface area contributed by atoms with Gasteiger partial charge in [0.1, 0.15) is 0 Å². The molecule has 2 heterocycles. The van der Waals surface area contributed by atoms with Gasteiger partial charge in [0, 0.05) is 51.9 Å². The van der Waals surface area contributed by atoms with Gasteiger partial charge in [-0.15, -0.1) is 24.0 Å². The molecular weight excluding hydrogens is 439 g/mol. The molecule has 1 unspecified atom stereocenters. The van der Waals surface area contributed by atoms with Crippen molar-refractivity contribution < 1.29 is 4.74 Å². The van der Waals surface area contributed by atoms with Gasteiger partial charge in [0.15, 0.2) is 5.96 Å². The van der Waals surface area contributed by atoms with Gasteiger partial charge in [-0.2, -0.15) is 0 Å². The standard InChI is InChI=1S/C20H32N4O.HI/c1-4-21-20(24(3)14-17-9-11-25-15-17)22-13-16-7-8-19-18(12-16)6-5-10-23(19)2;/h7-8,12,17H,4-6,9-11,13-15H2,1-3H3,(H,21,22);1H. The number of fused-ring (bicyclic) bond motifs is 1. The minimum absolute atomic E-state index is 0. The number of rotatable bonds is 5. The molecule has 2 aliphatic rings. The quantitative estimate of drug-likeness (QED) is 0.406. The van der Waals surface area contributed by atoms with Gasteiger partial charge < -0.3 is 19.9 Å². The van der Waals surface area contributed by atoms with Crippen molar-refractivity contribution in [3.8, 4) is 0 Å². The van der Waals surface area contributed by atoms with Gasteiger partial charge in [-0.25, -0.2) is 4.99 Å². The topological polar surface area (TPSA) is 40.1 Å². The minimum Gasteiger partial charge on any atom is -0.381 e. The molecule has 1 saturated heterocycles. The molecule has 0 bridgehead atoms. The summed E-state index contributed by atoms with van der Waals surface area (Å²) < 4.78 is 5.50. The number of aryl methyl sites for hydroxylation is 1. The second-order valence-corrected chi connectivity index (χ2v) is 7.27. The lowest BCUT2D eigenvalue weighted by Gasteiger charge is -2.28. The molecule has 1 aromatic rings. The van der Waals surface area contributed by atoms with Crippen LogP contribution in [0.4, 0.5) is 5.69 Å². The van der Waals surface area contributed by atoms with Crippen molar-refractivity contribution in [3.05, 3.63) is 29.3 Å². The molecule has 1 aromatic carbocycles. The average molecular weight is 472 g/mol. The molecule has 0 amide bonds. The molecule has 3 rings (SSSR count). The van der Waals surface area contributed by atoms with E-state index >= 15 is 0 Å². The molecule has 6 heteroatoms. The Labute approximate surface area is 175 Å². The molecule has 1 N–H and O–H groups in total. The highest BCUT2D eigenvalue weighted by Gasteiger charge is 2.19. The Hall–Kier alpha value is -1.02. The third kappa shape index (κ3) is 5.49. The fourth-order valence-electron chi connectivity index (χ4n) is 3.77. The summed E-state index contributed by atoms with van der Waals surface area (Å²) in [5.74, 6) is 1.61. The fraction of sp³-hybridized carbons (Fsp3) is 0.650. The zero-order chi connectivity index (χ0) is 17.6. The van der Waals surface area contributed by atoms with Crippen LogP contribution < -0.4 is 10.2 Å². The molecule has 0 saturated carbocycles. The van der Waals surface area contributed by atoms with Crippen molar-refractivity contribution in [2.75, 3.05) is 51.8 Å². The third-order valence-corrected chi connectivity index (χ3v) is 5.16. The Morgan fingerprint density at radius 3 is 3.00 bits per heavy atom. The van der Waals surface area contributed by atoms with E-state index in [9.17, 15) is 0 Å². The molecule has 0 radical (unpaired) electrons. The van der Waals surface area contributed by atoms with E-state index in [1.165, 1.54) is 29.7 Å². The number of hydrogen-bond acceptors (Lipinski definition) is 3. The smallest absolute Gasteiger partial charge is 0.193 e. The van der Waals surface area contributed by atoms with E-state index in [0.717, 1.165) is 51.8 Å². The second-order valence-electron chi connectivity index (χ2n) is 7.27. The van der Waals surface area contributed by atoms with Crippen LogP contribution in [0.5, 0.6) is 0 Å².